The Morgan fingerprint density at radius 2 is 1.47 bits per heavy atom. The Kier molecular flexibility index (Phi) is 4.80. The zero-order valence-corrected chi connectivity index (χ0v) is 23.5. The zero-order valence-electron chi connectivity index (χ0n) is 23.5. The molecule has 0 aliphatic heterocycles. The minimum Gasteiger partial charge on any atom is -0.292 e. The molecule has 0 amide bonds. The van der Waals surface area contributed by atoms with Gasteiger partial charge in [-0.25, -0.2) is 4.98 Å². The van der Waals surface area contributed by atoms with E-state index >= 15 is 0 Å². The summed E-state index contributed by atoms with van der Waals surface area (Å²) >= 11 is 0. The maximum Gasteiger partial charge on any atom is 0.146 e. The molecule has 1 aliphatic rings. The van der Waals surface area contributed by atoms with Crippen LogP contribution in [0.2, 0.25) is 0 Å². The third-order valence-electron chi connectivity index (χ3n) is 9.06. The fraction of sp³-hybridized carbons (Fsp3) is 0.441. The first kappa shape index (κ1) is 23.5. The molecule has 186 valence electrons. The van der Waals surface area contributed by atoms with Crippen LogP contribution in [0.1, 0.15) is 103 Å². The summed E-state index contributed by atoms with van der Waals surface area (Å²) in [5, 5.41) is 3.87. The molecule has 6 rings (SSSR count). The Hall–Kier alpha value is -2.87. The summed E-state index contributed by atoms with van der Waals surface area (Å²) in [6.07, 6.45) is 2.39. The lowest BCUT2D eigenvalue weighted by Crippen LogP contribution is -2.16. The molecule has 0 fully saturated rings. The van der Waals surface area contributed by atoms with Gasteiger partial charge in [-0.3, -0.25) is 4.40 Å². The number of rotatable bonds is 1. The van der Waals surface area contributed by atoms with Gasteiger partial charge < -0.3 is 0 Å². The van der Waals surface area contributed by atoms with Crippen LogP contribution in [0.4, 0.5) is 0 Å². The molecule has 1 aliphatic carbocycles. The molecule has 3 aromatic carbocycles. The Morgan fingerprint density at radius 3 is 2.11 bits per heavy atom. The van der Waals surface area contributed by atoms with Crippen molar-refractivity contribution in [2.24, 2.45) is 0 Å². The number of nitrogens with zero attached hydrogens (tertiary/aromatic N) is 2. The molecule has 2 atom stereocenters. The topological polar surface area (TPSA) is 17.3 Å². The average molecular weight is 477 g/mol. The first-order chi connectivity index (χ1) is 16.8. The quantitative estimate of drug-likeness (QED) is 0.220. The lowest BCUT2D eigenvalue weighted by Gasteiger charge is -2.23. The van der Waals surface area contributed by atoms with Crippen LogP contribution in [0.15, 0.2) is 48.5 Å². The lowest BCUT2D eigenvalue weighted by atomic mass is 9.81. The Labute approximate surface area is 215 Å². The van der Waals surface area contributed by atoms with Gasteiger partial charge >= 0.3 is 0 Å². The minimum atomic E-state index is 0.0922. The van der Waals surface area contributed by atoms with E-state index < -0.39 is 0 Å². The summed E-state index contributed by atoms with van der Waals surface area (Å²) in [6, 6.07) is 19.0. The van der Waals surface area contributed by atoms with Crippen molar-refractivity contribution >= 4 is 38.4 Å². The number of hydrogen-bond acceptors (Lipinski definition) is 1. The molecule has 36 heavy (non-hydrogen) atoms. The highest BCUT2D eigenvalue weighted by molar-refractivity contribution is 6.14. The number of fused-ring (bicyclic) bond motifs is 9. The number of hydrogen-bond donors (Lipinski definition) is 0. The lowest BCUT2D eigenvalue weighted by molar-refractivity contribution is 0.430. The van der Waals surface area contributed by atoms with Crippen molar-refractivity contribution in [2.45, 2.75) is 97.3 Å². The predicted molar refractivity (Wildman–Crippen MR) is 156 cm³/mol. The summed E-state index contributed by atoms with van der Waals surface area (Å²) < 4.78 is 2.44. The summed E-state index contributed by atoms with van der Waals surface area (Å²) in [7, 11) is 0. The van der Waals surface area contributed by atoms with Crippen LogP contribution >= 0.6 is 0 Å². The van der Waals surface area contributed by atoms with Crippen molar-refractivity contribution in [3.8, 4) is 0 Å². The molecule has 2 aromatic heterocycles. The van der Waals surface area contributed by atoms with Crippen molar-refractivity contribution in [3.63, 3.8) is 0 Å². The van der Waals surface area contributed by atoms with Crippen molar-refractivity contribution in [2.75, 3.05) is 0 Å². The van der Waals surface area contributed by atoms with Gasteiger partial charge in [-0.05, 0) is 93.0 Å². The number of aromatic nitrogens is 2. The van der Waals surface area contributed by atoms with E-state index in [0.29, 0.717) is 5.92 Å². The van der Waals surface area contributed by atoms with E-state index in [1.807, 2.05) is 0 Å². The molecule has 2 heteroatoms. The fourth-order valence-corrected chi connectivity index (χ4v) is 6.57. The van der Waals surface area contributed by atoms with Gasteiger partial charge in [0.25, 0.3) is 0 Å². The van der Waals surface area contributed by atoms with E-state index in [-0.39, 0.29) is 16.2 Å². The molecule has 2 nitrogen and oxygen atoms in total. The van der Waals surface area contributed by atoms with Gasteiger partial charge in [-0.1, -0.05) is 80.5 Å². The first-order valence-corrected chi connectivity index (χ1v) is 13.7. The second-order valence-electron chi connectivity index (χ2n) is 13.7. The summed E-state index contributed by atoms with van der Waals surface area (Å²) in [5.74, 6) is 0.577. The second kappa shape index (κ2) is 7.34. The van der Waals surface area contributed by atoms with Crippen LogP contribution in [0.3, 0.4) is 0 Å². The molecule has 2 unspecified atom stereocenters. The highest BCUT2D eigenvalue weighted by Crippen LogP contribution is 2.49. The fourth-order valence-electron chi connectivity index (χ4n) is 6.57. The maximum atomic E-state index is 5.32. The molecule has 5 aromatic rings. The van der Waals surface area contributed by atoms with E-state index in [4.69, 9.17) is 4.98 Å². The minimum absolute atomic E-state index is 0.0922. The molecule has 0 N–H and O–H groups in total. The normalized spacial score (nSPS) is 20.8. The Balaban J connectivity index is 1.80. The average Bonchev–Trinajstić information content (AvgIpc) is 3.31. The first-order valence-electron chi connectivity index (χ1n) is 13.7. The van der Waals surface area contributed by atoms with Crippen LogP contribution in [0.25, 0.3) is 38.4 Å². The third-order valence-corrected chi connectivity index (χ3v) is 9.06. The van der Waals surface area contributed by atoms with Gasteiger partial charge in [0, 0.05) is 10.8 Å². The van der Waals surface area contributed by atoms with Crippen LogP contribution in [0.5, 0.6) is 0 Å². The van der Waals surface area contributed by atoms with Gasteiger partial charge in [0.2, 0.25) is 0 Å². The van der Waals surface area contributed by atoms with Crippen molar-refractivity contribution in [3.05, 3.63) is 70.8 Å². The SMILES string of the molecule is CCC1(C)CC(C)c2cc3c(cc21)nc1c2ccc(C(C)(C)C)cc2c2cc(C(C)(C)C)ccc2n31. The van der Waals surface area contributed by atoms with Gasteiger partial charge in [-0.15, -0.1) is 0 Å². The Bertz CT molecular complexity index is 1690. The largest absolute Gasteiger partial charge is 0.292 e. The maximum absolute atomic E-state index is 5.32. The van der Waals surface area contributed by atoms with E-state index in [1.165, 1.54) is 62.3 Å². The van der Waals surface area contributed by atoms with Crippen LogP contribution in [-0.2, 0) is 16.2 Å². The predicted octanol–water partition coefficient (Wildman–Crippen LogP) is 9.56. The molecule has 0 radical (unpaired) electrons. The molecular weight excluding hydrogens is 436 g/mol. The van der Waals surface area contributed by atoms with Crippen LogP contribution in [-0.4, -0.2) is 9.38 Å². The second-order valence-corrected chi connectivity index (χ2v) is 13.7. The van der Waals surface area contributed by atoms with E-state index in [0.717, 1.165) is 11.2 Å². The zero-order chi connectivity index (χ0) is 25.8. The van der Waals surface area contributed by atoms with Crippen molar-refractivity contribution in [1.82, 2.24) is 9.38 Å². The Morgan fingerprint density at radius 1 is 0.833 bits per heavy atom. The van der Waals surface area contributed by atoms with Gasteiger partial charge in [-0.2, -0.15) is 0 Å². The highest BCUT2D eigenvalue weighted by Gasteiger charge is 2.37. The van der Waals surface area contributed by atoms with Crippen molar-refractivity contribution < 1.29 is 0 Å². The summed E-state index contributed by atoms with van der Waals surface area (Å²) in [4.78, 5) is 5.32. The standard InChI is InChI=1S/C34H40N2/c1-10-34(9)19-20(2)24-17-30-28(18-27(24)34)35-31-23-13-11-21(32(3,4)5)15-25(23)26-16-22(33(6,7)8)12-14-29(26)36(30)31/h11-18,20H,10,19H2,1-9H3. The third kappa shape index (κ3) is 3.26. The molecular formula is C34H40N2. The molecule has 0 saturated heterocycles. The van der Waals surface area contributed by atoms with Gasteiger partial charge in [0.05, 0.1) is 16.6 Å². The number of benzene rings is 3. The summed E-state index contributed by atoms with van der Waals surface area (Å²) in [5.41, 5.74) is 10.9. The molecule has 0 spiro atoms. The van der Waals surface area contributed by atoms with Gasteiger partial charge in [0.1, 0.15) is 5.65 Å². The number of pyridine rings is 1. The molecule has 0 bridgehead atoms. The van der Waals surface area contributed by atoms with Gasteiger partial charge in [0.15, 0.2) is 0 Å². The van der Waals surface area contributed by atoms with E-state index in [1.54, 1.807) is 0 Å². The monoisotopic (exact) mass is 476 g/mol. The highest BCUT2D eigenvalue weighted by atomic mass is 15.0. The van der Waals surface area contributed by atoms with Crippen LogP contribution in [0, 0.1) is 0 Å². The van der Waals surface area contributed by atoms with E-state index in [2.05, 4.69) is 115 Å². The molecule has 0 saturated carbocycles. The summed E-state index contributed by atoms with van der Waals surface area (Å²) in [6.45, 7) is 21.0. The van der Waals surface area contributed by atoms with E-state index in [9.17, 15) is 0 Å². The van der Waals surface area contributed by atoms with Crippen molar-refractivity contribution in [1.29, 1.82) is 0 Å². The molecule has 2 heterocycles. The smallest absolute Gasteiger partial charge is 0.146 e. The van der Waals surface area contributed by atoms with Crippen LogP contribution < -0.4 is 0 Å². The number of imidazole rings is 1.